The summed E-state index contributed by atoms with van der Waals surface area (Å²) in [6.07, 6.45) is 0.0202. The molecule has 5 unspecified atom stereocenters. The average Bonchev–Trinajstić information content (AvgIpc) is 2.49. The normalized spacial score (nSPS) is 34.4. The van der Waals surface area contributed by atoms with E-state index in [-0.39, 0.29) is 35.9 Å². The van der Waals surface area contributed by atoms with Crippen molar-refractivity contribution < 1.29 is 9.53 Å². The Morgan fingerprint density at radius 2 is 1.88 bits per heavy atom. The van der Waals surface area contributed by atoms with Crippen LogP contribution in [0.1, 0.15) is 34.6 Å². The minimum atomic E-state index is -0.419. The van der Waals surface area contributed by atoms with Crippen LogP contribution in [0.15, 0.2) is 0 Å². The molecule has 0 bridgehead atoms. The smallest absolute Gasteiger partial charge is 0.227 e. The number of nitrogens with one attached hydrogen (secondary N) is 1. The Morgan fingerprint density at radius 3 is 2.24 bits per heavy atom. The third-order valence-corrected chi connectivity index (χ3v) is 3.65. The molecule has 5 atom stereocenters. The van der Waals surface area contributed by atoms with Gasteiger partial charge in [0.15, 0.2) is 0 Å². The van der Waals surface area contributed by atoms with Crippen LogP contribution in [0, 0.1) is 29.1 Å². The highest BCUT2D eigenvalue weighted by Gasteiger charge is 2.42. The Balaban J connectivity index is 2.68. The van der Waals surface area contributed by atoms with Gasteiger partial charge in [0, 0.05) is 0 Å². The van der Waals surface area contributed by atoms with Crippen molar-refractivity contribution in [2.75, 3.05) is 0 Å². The van der Waals surface area contributed by atoms with Gasteiger partial charge in [-0.3, -0.25) is 4.79 Å². The minimum absolute atomic E-state index is 0.0606. The van der Waals surface area contributed by atoms with Crippen molar-refractivity contribution in [3.05, 3.63) is 0 Å². The van der Waals surface area contributed by atoms with Crippen molar-refractivity contribution in [1.29, 1.82) is 5.26 Å². The van der Waals surface area contributed by atoms with Crippen molar-refractivity contribution in [2.24, 2.45) is 17.8 Å². The molecule has 1 rings (SSSR count). The molecule has 0 saturated carbocycles. The monoisotopic (exact) mass is 238 g/mol. The van der Waals surface area contributed by atoms with E-state index in [2.05, 4.69) is 11.4 Å². The molecule has 0 radical (unpaired) electrons. The van der Waals surface area contributed by atoms with E-state index in [0.29, 0.717) is 0 Å². The van der Waals surface area contributed by atoms with Gasteiger partial charge in [-0.1, -0.05) is 20.8 Å². The fraction of sp³-hybridized carbons (Fsp3) is 0.846. The molecule has 1 N–H and O–H groups in total. The van der Waals surface area contributed by atoms with Gasteiger partial charge in [0.05, 0.1) is 24.2 Å². The summed E-state index contributed by atoms with van der Waals surface area (Å²) in [5.74, 6) is 0.0972. The fourth-order valence-corrected chi connectivity index (χ4v) is 2.32. The van der Waals surface area contributed by atoms with E-state index in [9.17, 15) is 4.79 Å². The lowest BCUT2D eigenvalue weighted by Gasteiger charge is -2.21. The number of amides is 1. The number of carbonyl (C=O) groups is 1. The van der Waals surface area contributed by atoms with E-state index in [1.165, 1.54) is 0 Å². The predicted octanol–water partition coefficient (Wildman–Crippen LogP) is 1.71. The van der Waals surface area contributed by atoms with E-state index >= 15 is 0 Å². The molecule has 1 heterocycles. The zero-order valence-electron chi connectivity index (χ0n) is 11.2. The Bertz CT molecular complexity index is 322. The topological polar surface area (TPSA) is 62.1 Å². The van der Waals surface area contributed by atoms with Gasteiger partial charge in [-0.15, -0.1) is 0 Å². The molecule has 1 amide bonds. The van der Waals surface area contributed by atoms with Crippen LogP contribution < -0.4 is 5.32 Å². The van der Waals surface area contributed by atoms with E-state index < -0.39 is 6.04 Å². The molecule has 4 heteroatoms. The molecule has 1 aliphatic heterocycles. The van der Waals surface area contributed by atoms with Crippen LogP contribution in [0.5, 0.6) is 0 Å². The van der Waals surface area contributed by atoms with Gasteiger partial charge in [-0.05, 0) is 25.7 Å². The lowest BCUT2D eigenvalue weighted by atomic mass is 9.88. The van der Waals surface area contributed by atoms with Gasteiger partial charge in [0.2, 0.25) is 5.91 Å². The van der Waals surface area contributed by atoms with Gasteiger partial charge in [-0.2, -0.15) is 5.26 Å². The second-order valence-electron chi connectivity index (χ2n) is 5.29. The lowest BCUT2D eigenvalue weighted by Crippen LogP contribution is -2.44. The van der Waals surface area contributed by atoms with Crippen molar-refractivity contribution >= 4 is 5.91 Å². The molecule has 1 fully saturated rings. The van der Waals surface area contributed by atoms with Crippen molar-refractivity contribution in [2.45, 2.75) is 52.9 Å². The standard InChI is InChI=1S/C13H22N2O2/c1-7(2)11(6-14)15-13(16)12-8(3)9(4)17-10(12)5/h7-12H,1-5H3,(H,15,16). The van der Waals surface area contributed by atoms with Crippen LogP contribution in [-0.4, -0.2) is 24.2 Å². The Hall–Kier alpha value is -1.08. The predicted molar refractivity (Wildman–Crippen MR) is 65.0 cm³/mol. The van der Waals surface area contributed by atoms with Crippen LogP contribution in [-0.2, 0) is 9.53 Å². The summed E-state index contributed by atoms with van der Waals surface area (Å²) in [6.45, 7) is 9.78. The molecule has 0 spiro atoms. The quantitative estimate of drug-likeness (QED) is 0.814. The SMILES string of the molecule is CC(C)C(C#N)NC(=O)C1C(C)OC(C)C1C. The number of carbonyl (C=O) groups excluding carboxylic acids is 1. The average molecular weight is 238 g/mol. The number of rotatable bonds is 3. The summed E-state index contributed by atoms with van der Waals surface area (Å²) < 4.78 is 5.64. The first kappa shape index (κ1) is 14.0. The molecular weight excluding hydrogens is 216 g/mol. The number of hydrogen-bond acceptors (Lipinski definition) is 3. The van der Waals surface area contributed by atoms with E-state index in [0.717, 1.165) is 0 Å². The van der Waals surface area contributed by atoms with Crippen molar-refractivity contribution in [1.82, 2.24) is 5.32 Å². The van der Waals surface area contributed by atoms with E-state index in [1.54, 1.807) is 0 Å². The Morgan fingerprint density at radius 1 is 1.29 bits per heavy atom. The highest BCUT2D eigenvalue weighted by Crippen LogP contribution is 2.32. The summed E-state index contributed by atoms with van der Waals surface area (Å²) in [6, 6.07) is 1.71. The van der Waals surface area contributed by atoms with E-state index in [4.69, 9.17) is 10.00 Å². The van der Waals surface area contributed by atoms with Gasteiger partial charge in [-0.25, -0.2) is 0 Å². The molecule has 96 valence electrons. The molecule has 0 aromatic rings. The largest absolute Gasteiger partial charge is 0.374 e. The Kier molecular flexibility index (Phi) is 4.53. The van der Waals surface area contributed by atoms with Crippen LogP contribution >= 0.6 is 0 Å². The summed E-state index contributed by atoms with van der Waals surface area (Å²) in [5.41, 5.74) is 0. The lowest BCUT2D eigenvalue weighted by molar-refractivity contribution is -0.127. The summed E-state index contributed by atoms with van der Waals surface area (Å²) >= 11 is 0. The van der Waals surface area contributed by atoms with Gasteiger partial charge < -0.3 is 10.1 Å². The second kappa shape index (κ2) is 5.50. The van der Waals surface area contributed by atoms with Gasteiger partial charge in [0.25, 0.3) is 0 Å². The van der Waals surface area contributed by atoms with Crippen molar-refractivity contribution in [3.8, 4) is 6.07 Å². The maximum atomic E-state index is 12.1. The molecular formula is C13H22N2O2. The van der Waals surface area contributed by atoms with E-state index in [1.807, 2.05) is 34.6 Å². The van der Waals surface area contributed by atoms with Gasteiger partial charge in [0.1, 0.15) is 6.04 Å². The first-order chi connectivity index (χ1) is 7.88. The fourth-order valence-electron chi connectivity index (χ4n) is 2.32. The maximum absolute atomic E-state index is 12.1. The number of hydrogen-bond donors (Lipinski definition) is 1. The second-order valence-corrected chi connectivity index (χ2v) is 5.29. The number of ether oxygens (including phenoxy) is 1. The Labute approximate surface area is 103 Å². The van der Waals surface area contributed by atoms with Crippen LogP contribution in [0.3, 0.4) is 0 Å². The van der Waals surface area contributed by atoms with Crippen LogP contribution in [0.25, 0.3) is 0 Å². The zero-order chi connectivity index (χ0) is 13.2. The number of nitrogens with zero attached hydrogens (tertiary/aromatic N) is 1. The van der Waals surface area contributed by atoms with Crippen molar-refractivity contribution in [3.63, 3.8) is 0 Å². The third-order valence-electron chi connectivity index (χ3n) is 3.65. The number of nitriles is 1. The maximum Gasteiger partial charge on any atom is 0.227 e. The molecule has 0 aliphatic carbocycles. The summed E-state index contributed by atoms with van der Waals surface area (Å²) in [4.78, 5) is 12.1. The highest BCUT2D eigenvalue weighted by atomic mass is 16.5. The summed E-state index contributed by atoms with van der Waals surface area (Å²) in [7, 11) is 0. The van der Waals surface area contributed by atoms with Crippen LogP contribution in [0.2, 0.25) is 0 Å². The molecule has 1 saturated heterocycles. The zero-order valence-corrected chi connectivity index (χ0v) is 11.2. The van der Waals surface area contributed by atoms with Gasteiger partial charge >= 0.3 is 0 Å². The first-order valence-electron chi connectivity index (χ1n) is 6.24. The molecule has 0 aromatic heterocycles. The minimum Gasteiger partial charge on any atom is -0.374 e. The molecule has 4 nitrogen and oxygen atoms in total. The third kappa shape index (κ3) is 2.98. The molecule has 1 aliphatic rings. The summed E-state index contributed by atoms with van der Waals surface area (Å²) in [5, 5.41) is 11.8. The molecule has 17 heavy (non-hydrogen) atoms. The van der Waals surface area contributed by atoms with Crippen LogP contribution in [0.4, 0.5) is 0 Å². The highest BCUT2D eigenvalue weighted by molar-refractivity contribution is 5.80. The first-order valence-corrected chi connectivity index (χ1v) is 6.24. The molecule has 0 aromatic carbocycles.